The number of carbonyl (C=O) groups excluding carboxylic acids is 2. The Morgan fingerprint density at radius 3 is 1.46 bits per heavy atom. The van der Waals surface area contributed by atoms with E-state index in [0.29, 0.717) is 11.1 Å². The number of hydrogen-bond acceptors (Lipinski definition) is 4. The molecular formula is C22H18O4. The van der Waals surface area contributed by atoms with Gasteiger partial charge in [0, 0.05) is 17.2 Å². The van der Waals surface area contributed by atoms with E-state index in [4.69, 9.17) is 0 Å². The number of aromatic hydroxyl groups is 2. The normalized spacial score (nSPS) is 10.5. The van der Waals surface area contributed by atoms with Crippen LogP contribution in [0.15, 0.2) is 60.7 Å². The van der Waals surface area contributed by atoms with Crippen LogP contribution >= 0.6 is 0 Å². The molecule has 26 heavy (non-hydrogen) atoms. The molecule has 0 aliphatic carbocycles. The predicted molar refractivity (Wildman–Crippen MR) is 99.0 cm³/mol. The van der Waals surface area contributed by atoms with Crippen molar-refractivity contribution in [2.24, 2.45) is 0 Å². The lowest BCUT2D eigenvalue weighted by molar-refractivity contribution is 0.103. The van der Waals surface area contributed by atoms with Gasteiger partial charge in [-0.05, 0) is 32.0 Å². The van der Waals surface area contributed by atoms with Gasteiger partial charge in [-0.15, -0.1) is 0 Å². The fourth-order valence-electron chi connectivity index (χ4n) is 2.82. The van der Waals surface area contributed by atoms with Crippen LogP contribution in [0, 0.1) is 13.8 Å². The van der Waals surface area contributed by atoms with Crippen LogP contribution in [-0.4, -0.2) is 21.8 Å². The summed E-state index contributed by atoms with van der Waals surface area (Å²) in [5.41, 5.74) is 2.57. The van der Waals surface area contributed by atoms with Crippen molar-refractivity contribution in [2.45, 2.75) is 13.8 Å². The van der Waals surface area contributed by atoms with E-state index < -0.39 is 11.6 Å². The maximum Gasteiger partial charge on any atom is 0.196 e. The Kier molecular flexibility index (Phi) is 4.59. The van der Waals surface area contributed by atoms with Gasteiger partial charge >= 0.3 is 0 Å². The third kappa shape index (κ3) is 3.35. The van der Waals surface area contributed by atoms with Crippen LogP contribution in [0.2, 0.25) is 0 Å². The molecule has 0 fully saturated rings. The molecule has 0 heterocycles. The lowest BCUT2D eigenvalue weighted by Gasteiger charge is -2.10. The van der Waals surface area contributed by atoms with Crippen molar-refractivity contribution in [2.75, 3.05) is 0 Å². The molecule has 2 N–H and O–H groups in total. The molecule has 0 aliphatic rings. The van der Waals surface area contributed by atoms with Crippen molar-refractivity contribution in [3.8, 4) is 11.5 Å². The molecule has 130 valence electrons. The zero-order valence-corrected chi connectivity index (χ0v) is 14.5. The van der Waals surface area contributed by atoms with E-state index in [1.807, 2.05) is 26.0 Å². The maximum atomic E-state index is 12.7. The van der Waals surface area contributed by atoms with Gasteiger partial charge in [-0.1, -0.05) is 47.5 Å². The summed E-state index contributed by atoms with van der Waals surface area (Å²) >= 11 is 0. The highest BCUT2D eigenvalue weighted by Gasteiger charge is 2.21. The number of phenolic OH excluding ortho intramolecular Hbond substituents is 2. The van der Waals surface area contributed by atoms with E-state index >= 15 is 0 Å². The Morgan fingerprint density at radius 1 is 0.654 bits per heavy atom. The summed E-state index contributed by atoms with van der Waals surface area (Å²) in [5, 5.41) is 20.2. The molecule has 3 aromatic rings. The number of ketones is 2. The second kappa shape index (κ2) is 6.84. The molecule has 0 spiro atoms. The molecule has 0 saturated carbocycles. The zero-order chi connectivity index (χ0) is 18.8. The Hall–Kier alpha value is -3.40. The molecule has 0 radical (unpaired) electrons. The van der Waals surface area contributed by atoms with E-state index in [-0.39, 0.29) is 22.6 Å². The number of phenols is 2. The fraction of sp³-hybridized carbons (Fsp3) is 0.0909. The maximum absolute atomic E-state index is 12.7. The largest absolute Gasteiger partial charge is 0.507 e. The number of hydrogen-bond donors (Lipinski definition) is 2. The molecular weight excluding hydrogens is 328 g/mol. The second-order valence-corrected chi connectivity index (χ2v) is 6.28. The fourth-order valence-corrected chi connectivity index (χ4v) is 2.82. The third-order valence-electron chi connectivity index (χ3n) is 4.16. The first-order valence-electron chi connectivity index (χ1n) is 8.15. The Labute approximate surface area is 151 Å². The molecule has 3 rings (SSSR count). The van der Waals surface area contributed by atoms with Crippen molar-refractivity contribution < 1.29 is 19.8 Å². The SMILES string of the molecule is Cc1cccc(C(=O)c2cc(C(=O)c3cccc(C)c3)c(O)cc2O)c1. The standard InChI is InChI=1S/C22H18O4/c1-13-5-3-7-15(9-13)21(25)17-11-18(20(24)12-19(17)23)22(26)16-8-4-6-14(2)10-16/h3-12,23-24H,1-2H3. The molecule has 0 aromatic heterocycles. The summed E-state index contributed by atoms with van der Waals surface area (Å²) in [6.45, 7) is 3.72. The molecule has 0 unspecified atom stereocenters. The van der Waals surface area contributed by atoms with E-state index in [1.54, 1.807) is 36.4 Å². The summed E-state index contributed by atoms with van der Waals surface area (Å²) in [6, 6.07) is 16.2. The summed E-state index contributed by atoms with van der Waals surface area (Å²) < 4.78 is 0. The number of carbonyl (C=O) groups is 2. The molecule has 4 heteroatoms. The van der Waals surface area contributed by atoms with Crippen LogP contribution in [0.1, 0.15) is 43.0 Å². The lowest BCUT2D eigenvalue weighted by Crippen LogP contribution is -2.07. The van der Waals surface area contributed by atoms with Gasteiger partial charge in [0.25, 0.3) is 0 Å². The topological polar surface area (TPSA) is 74.6 Å². The summed E-state index contributed by atoms with van der Waals surface area (Å²) in [6.07, 6.45) is 0. The summed E-state index contributed by atoms with van der Waals surface area (Å²) in [4.78, 5) is 25.5. The summed E-state index contributed by atoms with van der Waals surface area (Å²) in [7, 11) is 0. The van der Waals surface area contributed by atoms with Gasteiger partial charge in [0.2, 0.25) is 0 Å². The van der Waals surface area contributed by atoms with Crippen molar-refractivity contribution in [1.82, 2.24) is 0 Å². The minimum Gasteiger partial charge on any atom is -0.507 e. The average molecular weight is 346 g/mol. The molecule has 0 amide bonds. The molecule has 0 saturated heterocycles. The minimum atomic E-state index is -0.413. The Bertz CT molecular complexity index is 940. The van der Waals surface area contributed by atoms with Gasteiger partial charge in [0.1, 0.15) is 11.5 Å². The summed E-state index contributed by atoms with van der Waals surface area (Å²) in [5.74, 6) is -1.56. The third-order valence-corrected chi connectivity index (χ3v) is 4.16. The minimum absolute atomic E-state index is 0.0237. The first-order valence-corrected chi connectivity index (χ1v) is 8.15. The molecule has 3 aromatic carbocycles. The van der Waals surface area contributed by atoms with Crippen LogP contribution in [0.3, 0.4) is 0 Å². The average Bonchev–Trinajstić information content (AvgIpc) is 2.61. The first-order chi connectivity index (χ1) is 12.4. The van der Waals surface area contributed by atoms with Crippen LogP contribution in [0.4, 0.5) is 0 Å². The Balaban J connectivity index is 2.07. The number of benzene rings is 3. The van der Waals surface area contributed by atoms with Crippen molar-refractivity contribution >= 4 is 11.6 Å². The zero-order valence-electron chi connectivity index (χ0n) is 14.5. The van der Waals surface area contributed by atoms with Gasteiger partial charge < -0.3 is 10.2 Å². The van der Waals surface area contributed by atoms with E-state index in [2.05, 4.69) is 0 Å². The molecule has 0 atom stereocenters. The van der Waals surface area contributed by atoms with Gasteiger partial charge in [-0.3, -0.25) is 9.59 Å². The lowest BCUT2D eigenvalue weighted by atomic mass is 9.95. The van der Waals surface area contributed by atoms with Gasteiger partial charge in [0.15, 0.2) is 11.6 Å². The number of aryl methyl sites for hydroxylation is 2. The predicted octanol–water partition coefficient (Wildman–Crippen LogP) is 4.18. The van der Waals surface area contributed by atoms with Gasteiger partial charge in [-0.25, -0.2) is 0 Å². The number of rotatable bonds is 4. The van der Waals surface area contributed by atoms with Gasteiger partial charge in [-0.2, -0.15) is 0 Å². The van der Waals surface area contributed by atoms with E-state index in [0.717, 1.165) is 17.2 Å². The smallest absolute Gasteiger partial charge is 0.196 e. The van der Waals surface area contributed by atoms with Crippen molar-refractivity contribution in [3.63, 3.8) is 0 Å². The van der Waals surface area contributed by atoms with Crippen LogP contribution in [0.25, 0.3) is 0 Å². The second-order valence-electron chi connectivity index (χ2n) is 6.28. The van der Waals surface area contributed by atoms with Crippen LogP contribution < -0.4 is 0 Å². The monoisotopic (exact) mass is 346 g/mol. The first kappa shape index (κ1) is 17.4. The highest BCUT2D eigenvalue weighted by Crippen LogP contribution is 2.31. The molecule has 0 aliphatic heterocycles. The highest BCUT2D eigenvalue weighted by atomic mass is 16.3. The van der Waals surface area contributed by atoms with Gasteiger partial charge in [0.05, 0.1) is 11.1 Å². The quantitative estimate of drug-likeness (QED) is 0.695. The highest BCUT2D eigenvalue weighted by molar-refractivity contribution is 6.15. The van der Waals surface area contributed by atoms with Crippen LogP contribution in [-0.2, 0) is 0 Å². The van der Waals surface area contributed by atoms with Crippen LogP contribution in [0.5, 0.6) is 11.5 Å². The van der Waals surface area contributed by atoms with Crippen molar-refractivity contribution in [3.05, 3.63) is 94.0 Å². The molecule has 0 bridgehead atoms. The Morgan fingerprint density at radius 2 is 1.08 bits per heavy atom. The molecule has 4 nitrogen and oxygen atoms in total. The van der Waals surface area contributed by atoms with E-state index in [9.17, 15) is 19.8 Å². The van der Waals surface area contributed by atoms with Crippen molar-refractivity contribution in [1.29, 1.82) is 0 Å². The van der Waals surface area contributed by atoms with E-state index in [1.165, 1.54) is 6.07 Å².